The minimum Gasteiger partial charge on any atom is -0.494 e. The fourth-order valence-corrected chi connectivity index (χ4v) is 6.93. The van der Waals surface area contributed by atoms with Crippen molar-refractivity contribution in [2.24, 2.45) is 0 Å². The Kier molecular flexibility index (Phi) is 5.20. The number of sulfone groups is 1. The van der Waals surface area contributed by atoms with Gasteiger partial charge in [-0.2, -0.15) is 0 Å². The van der Waals surface area contributed by atoms with Gasteiger partial charge in [-0.3, -0.25) is 14.5 Å². The van der Waals surface area contributed by atoms with Crippen LogP contribution in [0.4, 0.5) is 11.4 Å². The third kappa shape index (κ3) is 3.13. The first-order valence-corrected chi connectivity index (χ1v) is 12.7. The van der Waals surface area contributed by atoms with Crippen molar-refractivity contribution in [2.45, 2.75) is 25.3 Å². The second-order valence-corrected chi connectivity index (χ2v) is 10.6. The van der Waals surface area contributed by atoms with Crippen LogP contribution in [0.2, 0.25) is 0 Å². The molecule has 1 spiro atoms. The van der Waals surface area contributed by atoms with Gasteiger partial charge >= 0.3 is 0 Å². The fourth-order valence-electron chi connectivity index (χ4n) is 4.90. The van der Waals surface area contributed by atoms with Crippen LogP contribution in [0.25, 0.3) is 0 Å². The van der Waals surface area contributed by atoms with E-state index >= 15 is 0 Å². The maximum atomic E-state index is 14.1. The molecule has 3 aromatic carbocycles. The third-order valence-electron chi connectivity index (χ3n) is 6.25. The van der Waals surface area contributed by atoms with Gasteiger partial charge in [0.05, 0.1) is 18.8 Å². The molecular weight excluding hydrogens is 452 g/mol. The summed E-state index contributed by atoms with van der Waals surface area (Å²) >= 11 is 0. The van der Waals surface area contributed by atoms with Gasteiger partial charge in [0.15, 0.2) is 9.84 Å². The minimum absolute atomic E-state index is 0.195. The molecule has 1 atom stereocenters. The Morgan fingerprint density at radius 1 is 0.971 bits per heavy atom. The quantitative estimate of drug-likeness (QED) is 0.562. The van der Waals surface area contributed by atoms with Crippen LogP contribution in [0.1, 0.15) is 23.6 Å². The fraction of sp³-hybridized carbons (Fsp3) is 0.231. The van der Waals surface area contributed by atoms with Crippen LogP contribution >= 0.6 is 0 Å². The summed E-state index contributed by atoms with van der Waals surface area (Å²) in [6.45, 7) is 4.48. The van der Waals surface area contributed by atoms with Crippen LogP contribution in [-0.4, -0.2) is 32.6 Å². The summed E-state index contributed by atoms with van der Waals surface area (Å²) in [5.41, 5.74) is 3.02. The third-order valence-corrected chi connectivity index (χ3v) is 8.36. The molecule has 1 fully saturated rings. The van der Waals surface area contributed by atoms with Gasteiger partial charge in [-0.1, -0.05) is 48.0 Å². The van der Waals surface area contributed by atoms with E-state index in [0.29, 0.717) is 29.3 Å². The lowest BCUT2D eigenvalue weighted by molar-refractivity contribution is -0.123. The molecular formula is C26H24N2O5S. The van der Waals surface area contributed by atoms with Crippen molar-refractivity contribution in [1.29, 1.82) is 0 Å². The van der Waals surface area contributed by atoms with E-state index in [2.05, 4.69) is 0 Å². The van der Waals surface area contributed by atoms with Crippen LogP contribution in [0.5, 0.6) is 5.75 Å². The van der Waals surface area contributed by atoms with E-state index in [1.165, 1.54) is 4.90 Å². The number of fused-ring (bicyclic) bond motifs is 2. The summed E-state index contributed by atoms with van der Waals surface area (Å²) in [5, 5.41) is 0. The molecule has 3 aromatic rings. The number of benzene rings is 3. The highest BCUT2D eigenvalue weighted by Gasteiger charge is 2.69. The highest BCUT2D eigenvalue weighted by atomic mass is 32.2. The minimum atomic E-state index is -4.20. The Bertz CT molecular complexity index is 1400. The Labute approximate surface area is 198 Å². The molecule has 0 bridgehead atoms. The van der Waals surface area contributed by atoms with E-state index in [9.17, 15) is 18.0 Å². The second kappa shape index (κ2) is 7.99. The number of anilines is 2. The van der Waals surface area contributed by atoms with Crippen molar-refractivity contribution in [3.8, 4) is 5.75 Å². The van der Waals surface area contributed by atoms with Crippen molar-refractivity contribution < 1.29 is 22.7 Å². The summed E-state index contributed by atoms with van der Waals surface area (Å²) < 4.78 is 32.8. The lowest BCUT2D eigenvalue weighted by Crippen LogP contribution is -2.54. The van der Waals surface area contributed by atoms with Gasteiger partial charge in [-0.25, -0.2) is 8.42 Å². The van der Waals surface area contributed by atoms with E-state index in [0.717, 1.165) is 16.0 Å². The SMILES string of the molecule is CCOc1ccc(N2C(=O)CS(=O)(=O)C23C(=O)N(Cc2cccc(C)c2)c2ccccc23)cc1. The summed E-state index contributed by atoms with van der Waals surface area (Å²) in [7, 11) is -4.20. The summed E-state index contributed by atoms with van der Waals surface area (Å²) in [6, 6.07) is 21.1. The molecule has 0 aliphatic carbocycles. The molecule has 2 heterocycles. The largest absolute Gasteiger partial charge is 0.494 e. The molecule has 5 rings (SSSR count). The number of hydrogen-bond donors (Lipinski definition) is 0. The molecule has 2 aliphatic heterocycles. The molecule has 0 radical (unpaired) electrons. The summed E-state index contributed by atoms with van der Waals surface area (Å²) in [6.07, 6.45) is 0. The van der Waals surface area contributed by atoms with Crippen molar-refractivity contribution in [3.05, 3.63) is 89.5 Å². The van der Waals surface area contributed by atoms with Crippen LogP contribution in [-0.2, 0) is 30.8 Å². The number of rotatable bonds is 5. The van der Waals surface area contributed by atoms with Gasteiger partial charge in [0.2, 0.25) is 5.91 Å². The van der Waals surface area contributed by atoms with Crippen molar-refractivity contribution in [2.75, 3.05) is 22.2 Å². The first-order chi connectivity index (χ1) is 16.3. The molecule has 1 saturated heterocycles. The van der Waals surface area contributed by atoms with Crippen molar-refractivity contribution in [1.82, 2.24) is 0 Å². The smallest absolute Gasteiger partial charge is 0.274 e. The number of aryl methyl sites for hydroxylation is 1. The normalized spacial score (nSPS) is 20.8. The zero-order valence-corrected chi connectivity index (χ0v) is 19.7. The predicted octanol–water partition coefficient (Wildman–Crippen LogP) is 3.55. The highest BCUT2D eigenvalue weighted by molar-refractivity contribution is 7.94. The Morgan fingerprint density at radius 3 is 2.41 bits per heavy atom. The van der Waals surface area contributed by atoms with Gasteiger partial charge in [0, 0.05) is 11.3 Å². The molecule has 0 N–H and O–H groups in total. The van der Waals surface area contributed by atoms with Crippen molar-refractivity contribution in [3.63, 3.8) is 0 Å². The molecule has 1 unspecified atom stereocenters. The summed E-state index contributed by atoms with van der Waals surface area (Å²) in [5.74, 6) is -1.42. The van der Waals surface area contributed by atoms with E-state index in [1.54, 1.807) is 48.5 Å². The summed E-state index contributed by atoms with van der Waals surface area (Å²) in [4.78, 5) is 27.8. The van der Waals surface area contributed by atoms with Gasteiger partial charge in [0.25, 0.3) is 10.8 Å². The van der Waals surface area contributed by atoms with Gasteiger partial charge < -0.3 is 9.64 Å². The monoisotopic (exact) mass is 476 g/mol. The lowest BCUT2D eigenvalue weighted by Gasteiger charge is -2.32. The van der Waals surface area contributed by atoms with Crippen LogP contribution in [0.15, 0.2) is 72.8 Å². The average Bonchev–Trinajstić information content (AvgIpc) is 3.17. The van der Waals surface area contributed by atoms with E-state index in [4.69, 9.17) is 4.74 Å². The number of ether oxygens (including phenoxy) is 1. The molecule has 7 nitrogen and oxygen atoms in total. The highest BCUT2D eigenvalue weighted by Crippen LogP contribution is 2.52. The number of hydrogen-bond acceptors (Lipinski definition) is 5. The van der Waals surface area contributed by atoms with Gasteiger partial charge in [-0.15, -0.1) is 0 Å². The zero-order chi connectivity index (χ0) is 24.1. The number of nitrogens with zero attached hydrogens (tertiary/aromatic N) is 2. The standard InChI is InChI=1S/C26H24N2O5S/c1-3-33-21-13-11-20(12-14-21)28-24(29)17-34(31,32)26(28)22-9-4-5-10-23(22)27(25(26)30)16-19-8-6-7-18(2)15-19/h4-15H,3,16-17H2,1-2H3. The van der Waals surface area contributed by atoms with E-state index in [1.807, 2.05) is 38.1 Å². The first-order valence-electron chi connectivity index (χ1n) is 11.0. The Morgan fingerprint density at radius 2 is 1.71 bits per heavy atom. The molecule has 0 saturated carbocycles. The van der Waals surface area contributed by atoms with E-state index in [-0.39, 0.29) is 6.54 Å². The maximum absolute atomic E-state index is 14.1. The predicted molar refractivity (Wildman–Crippen MR) is 129 cm³/mol. The zero-order valence-electron chi connectivity index (χ0n) is 18.9. The number of carbonyl (C=O) groups excluding carboxylic acids is 2. The van der Waals surface area contributed by atoms with Crippen LogP contribution in [0.3, 0.4) is 0 Å². The average molecular weight is 477 g/mol. The lowest BCUT2D eigenvalue weighted by atomic mass is 10.0. The number of amides is 2. The topological polar surface area (TPSA) is 84.0 Å². The molecule has 0 aromatic heterocycles. The molecule has 34 heavy (non-hydrogen) atoms. The van der Waals surface area contributed by atoms with Crippen molar-refractivity contribution >= 4 is 33.0 Å². The molecule has 2 amide bonds. The van der Waals surface area contributed by atoms with E-state index < -0.39 is 32.3 Å². The molecule has 174 valence electrons. The number of carbonyl (C=O) groups is 2. The van der Waals surface area contributed by atoms with Gasteiger partial charge in [0.1, 0.15) is 11.5 Å². The Hall–Kier alpha value is -3.65. The van der Waals surface area contributed by atoms with Crippen LogP contribution in [0, 0.1) is 6.92 Å². The second-order valence-electron chi connectivity index (χ2n) is 8.46. The molecule has 2 aliphatic rings. The Balaban J connectivity index is 1.68. The van der Waals surface area contributed by atoms with Crippen LogP contribution < -0.4 is 14.5 Å². The maximum Gasteiger partial charge on any atom is 0.274 e. The van der Waals surface area contributed by atoms with Gasteiger partial charge in [-0.05, 0) is 49.7 Å². The molecule has 8 heteroatoms. The first kappa shape index (κ1) is 22.2. The number of para-hydroxylation sites is 1.